The second kappa shape index (κ2) is 3.35. The van der Waals surface area contributed by atoms with Gasteiger partial charge in [0.1, 0.15) is 0 Å². The Morgan fingerprint density at radius 3 is 2.60 bits per heavy atom. The lowest BCUT2D eigenvalue weighted by Crippen LogP contribution is -2.21. The van der Waals surface area contributed by atoms with Crippen molar-refractivity contribution in [2.75, 3.05) is 26.7 Å². The first-order valence-corrected chi connectivity index (χ1v) is 4.04. The molecule has 0 aliphatic carbocycles. The van der Waals surface area contributed by atoms with Gasteiger partial charge in [-0.05, 0) is 19.9 Å². The zero-order valence-electron chi connectivity index (χ0n) is 7.13. The summed E-state index contributed by atoms with van der Waals surface area (Å²) in [5.74, 6) is 0.713. The molecule has 1 heterocycles. The van der Waals surface area contributed by atoms with Crippen LogP contribution in [0.4, 0.5) is 0 Å². The van der Waals surface area contributed by atoms with Crippen molar-refractivity contribution in [2.24, 2.45) is 5.92 Å². The number of likely N-dealkylation sites (N-methyl/N-ethyl adjacent to an activating group) is 1. The van der Waals surface area contributed by atoms with Crippen LogP contribution in [0.25, 0.3) is 0 Å². The fourth-order valence-electron chi connectivity index (χ4n) is 1.60. The van der Waals surface area contributed by atoms with E-state index in [1.807, 2.05) is 0 Å². The highest BCUT2D eigenvalue weighted by atomic mass is 16.5. The van der Waals surface area contributed by atoms with Gasteiger partial charge < -0.3 is 9.64 Å². The molecule has 0 radical (unpaired) electrons. The molecular weight excluding hydrogens is 126 g/mol. The molecule has 0 aromatic rings. The maximum absolute atomic E-state index is 5.54. The summed E-state index contributed by atoms with van der Waals surface area (Å²) in [6.07, 6.45) is 0.481. The minimum atomic E-state index is 0.481. The van der Waals surface area contributed by atoms with E-state index in [2.05, 4.69) is 25.8 Å². The van der Waals surface area contributed by atoms with Gasteiger partial charge >= 0.3 is 0 Å². The van der Waals surface area contributed by atoms with Crippen LogP contribution in [-0.2, 0) is 4.74 Å². The third-order valence-corrected chi connectivity index (χ3v) is 2.11. The van der Waals surface area contributed by atoms with Gasteiger partial charge in [-0.3, -0.25) is 0 Å². The highest BCUT2D eigenvalue weighted by Crippen LogP contribution is 2.17. The quantitative estimate of drug-likeness (QED) is 0.571. The second-order valence-electron chi connectivity index (χ2n) is 3.19. The molecule has 0 N–H and O–H groups in total. The summed E-state index contributed by atoms with van der Waals surface area (Å²) in [6.45, 7) is 7.46. The standard InChI is InChI=1S/C8H17NO/c1-4-10-8-6-9(3)5-7(8)2/h7-8H,4-6H2,1-3H3/t7-,8-/m1/s1. The minimum absolute atomic E-state index is 0.481. The SMILES string of the molecule is CCO[C@@H]1CN(C)C[C@H]1C. The zero-order chi connectivity index (χ0) is 7.56. The van der Waals surface area contributed by atoms with Crippen LogP contribution < -0.4 is 0 Å². The van der Waals surface area contributed by atoms with Crippen molar-refractivity contribution < 1.29 is 4.74 Å². The summed E-state index contributed by atoms with van der Waals surface area (Å²) in [5, 5.41) is 0. The van der Waals surface area contributed by atoms with Crippen molar-refractivity contribution in [3.8, 4) is 0 Å². The molecule has 2 atom stereocenters. The van der Waals surface area contributed by atoms with Crippen molar-refractivity contribution in [3.63, 3.8) is 0 Å². The molecule has 0 spiro atoms. The Morgan fingerprint density at radius 1 is 1.50 bits per heavy atom. The first kappa shape index (κ1) is 8.02. The summed E-state index contributed by atoms with van der Waals surface area (Å²) in [7, 11) is 2.15. The first-order chi connectivity index (χ1) is 4.74. The molecule has 1 aliphatic heterocycles. The molecule has 60 valence electrons. The van der Waals surface area contributed by atoms with E-state index < -0.39 is 0 Å². The third-order valence-electron chi connectivity index (χ3n) is 2.11. The lowest BCUT2D eigenvalue weighted by atomic mass is 10.1. The van der Waals surface area contributed by atoms with Crippen LogP contribution in [0.1, 0.15) is 13.8 Å². The van der Waals surface area contributed by atoms with Crippen LogP contribution in [0.15, 0.2) is 0 Å². The Bertz CT molecular complexity index is 105. The number of rotatable bonds is 2. The number of likely N-dealkylation sites (tertiary alicyclic amines) is 1. The average Bonchev–Trinajstić information content (AvgIpc) is 2.13. The van der Waals surface area contributed by atoms with Crippen molar-refractivity contribution >= 4 is 0 Å². The van der Waals surface area contributed by atoms with Crippen LogP contribution in [0.5, 0.6) is 0 Å². The van der Waals surface area contributed by atoms with Gasteiger partial charge in [0.15, 0.2) is 0 Å². The first-order valence-electron chi connectivity index (χ1n) is 4.04. The number of hydrogen-bond donors (Lipinski definition) is 0. The second-order valence-corrected chi connectivity index (χ2v) is 3.19. The molecule has 0 aromatic carbocycles. The average molecular weight is 143 g/mol. The summed E-state index contributed by atoms with van der Waals surface area (Å²) < 4.78 is 5.54. The monoisotopic (exact) mass is 143 g/mol. The molecule has 0 bridgehead atoms. The fourth-order valence-corrected chi connectivity index (χ4v) is 1.60. The lowest BCUT2D eigenvalue weighted by Gasteiger charge is -2.13. The van der Waals surface area contributed by atoms with E-state index in [1.54, 1.807) is 0 Å². The maximum Gasteiger partial charge on any atom is 0.0739 e. The van der Waals surface area contributed by atoms with E-state index in [1.165, 1.54) is 6.54 Å². The molecular formula is C8H17NO. The molecule has 2 heteroatoms. The number of ether oxygens (including phenoxy) is 1. The minimum Gasteiger partial charge on any atom is -0.377 e. The highest BCUT2D eigenvalue weighted by molar-refractivity contribution is 4.79. The van der Waals surface area contributed by atoms with Gasteiger partial charge in [0.05, 0.1) is 6.10 Å². The van der Waals surface area contributed by atoms with Crippen molar-refractivity contribution in [1.82, 2.24) is 4.90 Å². The van der Waals surface area contributed by atoms with Crippen molar-refractivity contribution in [1.29, 1.82) is 0 Å². The Hall–Kier alpha value is -0.0800. The molecule has 1 saturated heterocycles. The molecule has 0 aromatic heterocycles. The highest BCUT2D eigenvalue weighted by Gasteiger charge is 2.26. The number of hydrogen-bond acceptors (Lipinski definition) is 2. The van der Waals surface area contributed by atoms with Crippen LogP contribution in [0, 0.1) is 5.92 Å². The molecule has 0 saturated carbocycles. The van der Waals surface area contributed by atoms with Gasteiger partial charge in [-0.25, -0.2) is 0 Å². The fraction of sp³-hybridized carbons (Fsp3) is 1.00. The Kier molecular flexibility index (Phi) is 2.69. The lowest BCUT2D eigenvalue weighted by molar-refractivity contribution is 0.0483. The van der Waals surface area contributed by atoms with Crippen molar-refractivity contribution in [2.45, 2.75) is 20.0 Å². The Labute approximate surface area is 63.2 Å². The van der Waals surface area contributed by atoms with Crippen LogP contribution in [-0.4, -0.2) is 37.7 Å². The molecule has 10 heavy (non-hydrogen) atoms. The van der Waals surface area contributed by atoms with Gasteiger partial charge in [0, 0.05) is 19.7 Å². The molecule has 0 unspecified atom stereocenters. The van der Waals surface area contributed by atoms with Crippen LogP contribution in [0.3, 0.4) is 0 Å². The van der Waals surface area contributed by atoms with E-state index in [9.17, 15) is 0 Å². The smallest absolute Gasteiger partial charge is 0.0739 e. The molecule has 1 rings (SSSR count). The summed E-state index contributed by atoms with van der Waals surface area (Å²) in [5.41, 5.74) is 0. The van der Waals surface area contributed by atoms with E-state index >= 15 is 0 Å². The van der Waals surface area contributed by atoms with Gasteiger partial charge in [0.2, 0.25) is 0 Å². The summed E-state index contributed by atoms with van der Waals surface area (Å²) in [4.78, 5) is 2.32. The summed E-state index contributed by atoms with van der Waals surface area (Å²) >= 11 is 0. The zero-order valence-corrected chi connectivity index (χ0v) is 7.13. The molecule has 1 fully saturated rings. The Morgan fingerprint density at radius 2 is 2.20 bits per heavy atom. The van der Waals surface area contributed by atoms with Crippen LogP contribution in [0.2, 0.25) is 0 Å². The third kappa shape index (κ3) is 1.70. The predicted octanol–water partition coefficient (Wildman–Crippen LogP) is 0.973. The molecule has 1 aliphatic rings. The van der Waals surface area contributed by atoms with Crippen LogP contribution >= 0.6 is 0 Å². The van der Waals surface area contributed by atoms with Gasteiger partial charge in [0.25, 0.3) is 0 Å². The predicted molar refractivity (Wildman–Crippen MR) is 42.1 cm³/mol. The topological polar surface area (TPSA) is 12.5 Å². The number of nitrogens with zero attached hydrogens (tertiary/aromatic N) is 1. The van der Waals surface area contributed by atoms with Crippen molar-refractivity contribution in [3.05, 3.63) is 0 Å². The van der Waals surface area contributed by atoms with E-state index in [-0.39, 0.29) is 0 Å². The Balaban J connectivity index is 2.31. The van der Waals surface area contributed by atoms with E-state index in [4.69, 9.17) is 4.74 Å². The van der Waals surface area contributed by atoms with E-state index in [0.29, 0.717) is 12.0 Å². The largest absolute Gasteiger partial charge is 0.377 e. The molecule has 0 amide bonds. The van der Waals surface area contributed by atoms with Gasteiger partial charge in [-0.1, -0.05) is 6.92 Å². The molecule has 2 nitrogen and oxygen atoms in total. The van der Waals surface area contributed by atoms with E-state index in [0.717, 1.165) is 13.2 Å². The summed E-state index contributed by atoms with van der Waals surface area (Å²) in [6, 6.07) is 0. The maximum atomic E-state index is 5.54. The normalized spacial score (nSPS) is 35.1. The van der Waals surface area contributed by atoms with Gasteiger partial charge in [-0.2, -0.15) is 0 Å². The van der Waals surface area contributed by atoms with Gasteiger partial charge in [-0.15, -0.1) is 0 Å².